The number of alkyl halides is 3. The fourth-order valence-corrected chi connectivity index (χ4v) is 4.22. The van der Waals surface area contributed by atoms with Gasteiger partial charge in [0.1, 0.15) is 5.75 Å². The van der Waals surface area contributed by atoms with Crippen molar-refractivity contribution in [2.24, 2.45) is 0 Å². The summed E-state index contributed by atoms with van der Waals surface area (Å²) in [6.07, 6.45) is -4.18. The van der Waals surface area contributed by atoms with Crippen molar-refractivity contribution in [3.8, 4) is 5.75 Å². The molecule has 3 rings (SSSR count). The van der Waals surface area contributed by atoms with Crippen molar-refractivity contribution in [2.75, 3.05) is 19.1 Å². The smallest absolute Gasteiger partial charge is 0.419 e. The summed E-state index contributed by atoms with van der Waals surface area (Å²) in [6, 6.07) is 12.9. The fourth-order valence-electron chi connectivity index (χ4n) is 3.86. The third-order valence-electron chi connectivity index (χ3n) is 5.50. The highest BCUT2D eigenvalue weighted by Crippen LogP contribution is 2.44. The molecule has 32 heavy (non-hydrogen) atoms. The normalized spacial score (nSPS) is 14.2. The minimum Gasteiger partial charge on any atom is -0.496 e. The van der Waals surface area contributed by atoms with Crippen LogP contribution in [0, 0.1) is 0 Å². The molecule has 0 spiro atoms. The molecule has 2 aromatic carbocycles. The van der Waals surface area contributed by atoms with Gasteiger partial charge in [0.2, 0.25) is 0 Å². The summed E-state index contributed by atoms with van der Waals surface area (Å²) >= 11 is 3.35. The second-order valence-corrected chi connectivity index (χ2v) is 9.25. The Morgan fingerprint density at radius 1 is 1.12 bits per heavy atom. The van der Waals surface area contributed by atoms with E-state index in [4.69, 9.17) is 4.74 Å². The van der Waals surface area contributed by atoms with Gasteiger partial charge in [-0.05, 0) is 42.2 Å². The highest BCUT2D eigenvalue weighted by Gasteiger charge is 2.56. The van der Waals surface area contributed by atoms with E-state index >= 15 is 0 Å². The van der Waals surface area contributed by atoms with Crippen LogP contribution in [-0.4, -0.2) is 35.2 Å². The first-order valence-corrected chi connectivity index (χ1v) is 10.6. The highest BCUT2D eigenvalue weighted by atomic mass is 79.9. The SMILES string of the molecule is COc1ccc(Br)cc1C(C)(C)CC(O)(CNn1ccc(=O)c2ccccc21)C(F)(F)F. The molecule has 0 saturated carbocycles. The maximum absolute atomic E-state index is 14.1. The molecule has 9 heteroatoms. The summed E-state index contributed by atoms with van der Waals surface area (Å²) in [4.78, 5) is 12.0. The van der Waals surface area contributed by atoms with E-state index in [1.54, 1.807) is 56.3 Å². The van der Waals surface area contributed by atoms with Gasteiger partial charge in [0, 0.05) is 27.7 Å². The Morgan fingerprint density at radius 2 is 1.81 bits per heavy atom. The maximum atomic E-state index is 14.1. The number of aromatic nitrogens is 1. The number of halogens is 4. The summed E-state index contributed by atoms with van der Waals surface area (Å²) in [7, 11) is 1.45. The van der Waals surface area contributed by atoms with E-state index in [2.05, 4.69) is 21.4 Å². The van der Waals surface area contributed by atoms with Crippen LogP contribution in [0.4, 0.5) is 13.2 Å². The number of methoxy groups -OCH3 is 1. The van der Waals surface area contributed by atoms with Crippen LogP contribution in [0.15, 0.2) is 64.0 Å². The van der Waals surface area contributed by atoms with Crippen molar-refractivity contribution in [1.29, 1.82) is 0 Å². The molecular formula is C23H24BrF3N2O3. The minimum absolute atomic E-state index is 0.243. The Balaban J connectivity index is 1.96. The van der Waals surface area contributed by atoms with Crippen LogP contribution in [0.5, 0.6) is 5.75 Å². The van der Waals surface area contributed by atoms with Crippen molar-refractivity contribution in [3.05, 3.63) is 75.0 Å². The summed E-state index contributed by atoms with van der Waals surface area (Å²) in [5.74, 6) is 0.432. The zero-order chi connectivity index (χ0) is 23.7. The van der Waals surface area contributed by atoms with Crippen LogP contribution in [0.3, 0.4) is 0 Å². The van der Waals surface area contributed by atoms with Crippen molar-refractivity contribution in [2.45, 2.75) is 37.5 Å². The minimum atomic E-state index is -4.91. The van der Waals surface area contributed by atoms with E-state index in [9.17, 15) is 23.1 Å². The van der Waals surface area contributed by atoms with Crippen molar-refractivity contribution in [1.82, 2.24) is 4.68 Å². The summed E-state index contributed by atoms with van der Waals surface area (Å²) in [6.45, 7) is 2.44. The molecule has 1 atom stereocenters. The van der Waals surface area contributed by atoms with Gasteiger partial charge in [-0.15, -0.1) is 0 Å². The predicted molar refractivity (Wildman–Crippen MR) is 122 cm³/mol. The number of hydrogen-bond acceptors (Lipinski definition) is 4. The lowest BCUT2D eigenvalue weighted by molar-refractivity contribution is -0.261. The zero-order valence-electron chi connectivity index (χ0n) is 17.8. The molecule has 0 aliphatic carbocycles. The van der Waals surface area contributed by atoms with Crippen LogP contribution in [-0.2, 0) is 5.41 Å². The number of nitrogens with one attached hydrogen (secondary N) is 1. The van der Waals surface area contributed by atoms with E-state index < -0.39 is 30.2 Å². The summed E-state index contributed by atoms with van der Waals surface area (Å²) in [5, 5.41) is 11.2. The molecule has 5 nitrogen and oxygen atoms in total. The second-order valence-electron chi connectivity index (χ2n) is 8.34. The van der Waals surface area contributed by atoms with Crippen molar-refractivity contribution >= 4 is 26.8 Å². The molecule has 3 aromatic rings. The fraction of sp³-hybridized carbons (Fsp3) is 0.348. The molecule has 172 valence electrons. The third-order valence-corrected chi connectivity index (χ3v) is 5.99. The van der Waals surface area contributed by atoms with Gasteiger partial charge in [-0.3, -0.25) is 9.47 Å². The van der Waals surface area contributed by atoms with Gasteiger partial charge in [-0.1, -0.05) is 41.9 Å². The number of hydrogen-bond donors (Lipinski definition) is 2. The molecule has 0 aliphatic rings. The van der Waals surface area contributed by atoms with E-state index in [1.165, 1.54) is 24.0 Å². The Morgan fingerprint density at radius 3 is 2.47 bits per heavy atom. The molecule has 0 aliphatic heterocycles. The van der Waals surface area contributed by atoms with E-state index in [0.717, 1.165) is 0 Å². The lowest BCUT2D eigenvalue weighted by atomic mass is 9.74. The van der Waals surface area contributed by atoms with E-state index in [0.29, 0.717) is 26.7 Å². The van der Waals surface area contributed by atoms with E-state index in [-0.39, 0.29) is 5.43 Å². The van der Waals surface area contributed by atoms with Crippen molar-refractivity contribution in [3.63, 3.8) is 0 Å². The number of aliphatic hydroxyl groups is 1. The molecule has 0 fully saturated rings. The third kappa shape index (κ3) is 4.78. The van der Waals surface area contributed by atoms with Crippen LogP contribution in [0.2, 0.25) is 0 Å². The monoisotopic (exact) mass is 512 g/mol. The molecular weight excluding hydrogens is 489 g/mol. The molecule has 1 aromatic heterocycles. The first-order valence-electron chi connectivity index (χ1n) is 9.85. The number of rotatable bonds is 7. The van der Waals surface area contributed by atoms with Crippen LogP contribution < -0.4 is 15.6 Å². The van der Waals surface area contributed by atoms with Crippen LogP contribution in [0.25, 0.3) is 10.9 Å². The second kappa shape index (κ2) is 8.78. The molecule has 1 unspecified atom stereocenters. The van der Waals surface area contributed by atoms with Gasteiger partial charge in [0.05, 0.1) is 19.2 Å². The molecule has 0 amide bonds. The van der Waals surface area contributed by atoms with Gasteiger partial charge in [0.15, 0.2) is 11.0 Å². The van der Waals surface area contributed by atoms with Gasteiger partial charge >= 0.3 is 6.18 Å². The molecule has 1 heterocycles. The number of para-hydroxylation sites is 1. The van der Waals surface area contributed by atoms with Crippen LogP contribution in [0.1, 0.15) is 25.8 Å². The number of nitrogens with zero attached hydrogens (tertiary/aromatic N) is 1. The number of ether oxygens (including phenoxy) is 1. The first-order chi connectivity index (χ1) is 14.9. The van der Waals surface area contributed by atoms with E-state index in [1.807, 2.05) is 0 Å². The lowest BCUT2D eigenvalue weighted by Crippen LogP contribution is -2.54. The van der Waals surface area contributed by atoms with Crippen LogP contribution >= 0.6 is 15.9 Å². The zero-order valence-corrected chi connectivity index (χ0v) is 19.4. The summed E-state index contributed by atoms with van der Waals surface area (Å²) < 4.78 is 49.7. The number of fused-ring (bicyclic) bond motifs is 1. The number of benzene rings is 2. The van der Waals surface area contributed by atoms with Crippen molar-refractivity contribution < 1.29 is 23.0 Å². The Kier molecular flexibility index (Phi) is 6.62. The topological polar surface area (TPSA) is 63.5 Å². The Labute approximate surface area is 191 Å². The van der Waals surface area contributed by atoms with Gasteiger partial charge in [-0.25, -0.2) is 0 Å². The Hall–Kier alpha value is -2.52. The van der Waals surface area contributed by atoms with Gasteiger partial charge < -0.3 is 15.3 Å². The predicted octanol–water partition coefficient (Wildman–Crippen LogP) is 4.98. The molecule has 0 radical (unpaired) electrons. The maximum Gasteiger partial charge on any atom is 0.419 e. The average Bonchev–Trinajstić information content (AvgIpc) is 2.72. The van der Waals surface area contributed by atoms with Gasteiger partial charge in [-0.2, -0.15) is 13.2 Å². The highest BCUT2D eigenvalue weighted by molar-refractivity contribution is 9.10. The largest absolute Gasteiger partial charge is 0.496 e. The summed E-state index contributed by atoms with van der Waals surface area (Å²) in [5.41, 5.74) is -0.804. The molecule has 0 saturated heterocycles. The van der Waals surface area contributed by atoms with Gasteiger partial charge in [0.25, 0.3) is 0 Å². The quantitative estimate of drug-likeness (QED) is 0.468. The first kappa shape index (κ1) is 24.1. The number of pyridine rings is 1. The lowest BCUT2D eigenvalue weighted by Gasteiger charge is -2.38. The Bertz CT molecular complexity index is 1180. The standard InChI is InChI=1S/C23H24BrF3N2O3/c1-21(2,17-12-15(24)8-9-20(17)32-3)13-22(31,23(25,26)27)14-28-29-11-10-19(30)16-6-4-5-7-18(16)29/h4-12,28,31H,13-14H2,1-3H3. The average molecular weight is 513 g/mol. The molecule has 0 bridgehead atoms. The molecule has 2 N–H and O–H groups in total.